The van der Waals surface area contributed by atoms with Crippen LogP contribution in [-0.2, 0) is 0 Å². The van der Waals surface area contributed by atoms with Crippen LogP contribution < -0.4 is 5.73 Å². The second-order valence-electron chi connectivity index (χ2n) is 3.87. The molecule has 0 heterocycles. The number of aliphatic hydroxyl groups is 1. The Balaban J connectivity index is 2.61. The molecule has 3 N–H and O–H groups in total. The molecule has 0 bridgehead atoms. The first-order valence-electron chi connectivity index (χ1n) is 4.56. The minimum Gasteiger partial charge on any atom is -0.396 e. The van der Waals surface area contributed by atoms with Gasteiger partial charge < -0.3 is 10.8 Å². The van der Waals surface area contributed by atoms with Gasteiger partial charge in [-0.25, -0.2) is 0 Å². The highest BCUT2D eigenvalue weighted by molar-refractivity contribution is 4.87. The lowest BCUT2D eigenvalue weighted by Crippen LogP contribution is -2.42. The lowest BCUT2D eigenvalue weighted by atomic mass is 9.67. The summed E-state index contributed by atoms with van der Waals surface area (Å²) in [5, 5.41) is 9.23. The zero-order chi connectivity index (χ0) is 8.32. The third-order valence-corrected chi connectivity index (χ3v) is 3.33. The lowest BCUT2D eigenvalue weighted by molar-refractivity contribution is 0.0401. The SMILES string of the molecule is CC1CCCCC1(CN)CO. The fourth-order valence-corrected chi connectivity index (χ4v) is 2.08. The average Bonchev–Trinajstić information content (AvgIpc) is 2.06. The maximum absolute atomic E-state index is 9.23. The molecule has 0 aromatic rings. The van der Waals surface area contributed by atoms with E-state index in [1.807, 2.05) is 0 Å². The molecule has 2 nitrogen and oxygen atoms in total. The zero-order valence-electron chi connectivity index (χ0n) is 7.34. The van der Waals surface area contributed by atoms with Crippen molar-refractivity contribution in [2.24, 2.45) is 17.1 Å². The summed E-state index contributed by atoms with van der Waals surface area (Å²) in [5.41, 5.74) is 5.73. The van der Waals surface area contributed by atoms with E-state index in [1.165, 1.54) is 19.3 Å². The maximum Gasteiger partial charge on any atom is 0.0502 e. The molecular formula is C9H19NO. The monoisotopic (exact) mass is 157 g/mol. The maximum atomic E-state index is 9.23. The van der Waals surface area contributed by atoms with Gasteiger partial charge in [0.05, 0.1) is 6.61 Å². The Labute approximate surface area is 68.8 Å². The van der Waals surface area contributed by atoms with E-state index in [-0.39, 0.29) is 12.0 Å². The molecule has 1 saturated carbocycles. The van der Waals surface area contributed by atoms with Crippen LogP contribution in [0.5, 0.6) is 0 Å². The summed E-state index contributed by atoms with van der Waals surface area (Å²) in [6.07, 6.45) is 4.89. The highest BCUT2D eigenvalue weighted by atomic mass is 16.3. The minimum atomic E-state index is 0.0538. The van der Waals surface area contributed by atoms with E-state index in [0.717, 1.165) is 6.42 Å². The molecule has 66 valence electrons. The predicted molar refractivity (Wildman–Crippen MR) is 46.2 cm³/mol. The highest BCUT2D eigenvalue weighted by Crippen LogP contribution is 2.39. The van der Waals surface area contributed by atoms with Gasteiger partial charge in [-0.05, 0) is 12.3 Å². The molecule has 0 spiro atoms. The average molecular weight is 157 g/mol. The summed E-state index contributed by atoms with van der Waals surface area (Å²) in [4.78, 5) is 0. The van der Waals surface area contributed by atoms with Crippen molar-refractivity contribution >= 4 is 0 Å². The smallest absolute Gasteiger partial charge is 0.0502 e. The third kappa shape index (κ3) is 1.57. The van der Waals surface area contributed by atoms with E-state index in [1.54, 1.807) is 0 Å². The lowest BCUT2D eigenvalue weighted by Gasteiger charge is -2.40. The molecule has 1 rings (SSSR count). The summed E-state index contributed by atoms with van der Waals surface area (Å²) >= 11 is 0. The van der Waals surface area contributed by atoms with Gasteiger partial charge in [-0.1, -0.05) is 26.2 Å². The van der Waals surface area contributed by atoms with Gasteiger partial charge in [0.25, 0.3) is 0 Å². The van der Waals surface area contributed by atoms with E-state index in [4.69, 9.17) is 5.73 Å². The summed E-state index contributed by atoms with van der Waals surface area (Å²) in [7, 11) is 0. The number of hydrogen-bond acceptors (Lipinski definition) is 2. The van der Waals surface area contributed by atoms with Crippen LogP contribution in [0.4, 0.5) is 0 Å². The first kappa shape index (κ1) is 9.01. The summed E-state index contributed by atoms with van der Waals surface area (Å²) in [6, 6.07) is 0. The van der Waals surface area contributed by atoms with Crippen molar-refractivity contribution in [2.45, 2.75) is 32.6 Å². The number of rotatable bonds is 2. The Morgan fingerprint density at radius 1 is 1.55 bits per heavy atom. The Morgan fingerprint density at radius 2 is 2.27 bits per heavy atom. The first-order chi connectivity index (χ1) is 5.25. The molecule has 2 atom stereocenters. The van der Waals surface area contributed by atoms with Gasteiger partial charge in [-0.15, -0.1) is 0 Å². The van der Waals surface area contributed by atoms with Crippen LogP contribution in [0.25, 0.3) is 0 Å². The van der Waals surface area contributed by atoms with Crippen LogP contribution in [0.1, 0.15) is 32.6 Å². The van der Waals surface area contributed by atoms with Gasteiger partial charge in [-0.3, -0.25) is 0 Å². The van der Waals surface area contributed by atoms with Crippen molar-refractivity contribution in [3.8, 4) is 0 Å². The van der Waals surface area contributed by atoms with Crippen molar-refractivity contribution in [1.82, 2.24) is 0 Å². The molecule has 0 aromatic carbocycles. The largest absolute Gasteiger partial charge is 0.396 e. The Morgan fingerprint density at radius 3 is 2.64 bits per heavy atom. The summed E-state index contributed by atoms with van der Waals surface area (Å²) in [5.74, 6) is 0.603. The Kier molecular flexibility index (Phi) is 2.90. The molecule has 2 heteroatoms. The van der Waals surface area contributed by atoms with Crippen LogP contribution in [0.3, 0.4) is 0 Å². The summed E-state index contributed by atoms with van der Waals surface area (Å²) in [6.45, 7) is 3.12. The molecule has 0 aliphatic heterocycles. The van der Waals surface area contributed by atoms with E-state index < -0.39 is 0 Å². The Hall–Kier alpha value is -0.0800. The molecule has 1 aliphatic rings. The second-order valence-corrected chi connectivity index (χ2v) is 3.87. The van der Waals surface area contributed by atoms with E-state index in [0.29, 0.717) is 12.5 Å². The van der Waals surface area contributed by atoms with Crippen molar-refractivity contribution in [1.29, 1.82) is 0 Å². The quantitative estimate of drug-likeness (QED) is 0.631. The van der Waals surface area contributed by atoms with E-state index in [9.17, 15) is 5.11 Å². The number of nitrogens with two attached hydrogens (primary N) is 1. The molecule has 1 aliphatic carbocycles. The number of hydrogen-bond donors (Lipinski definition) is 2. The van der Waals surface area contributed by atoms with Crippen LogP contribution in [-0.4, -0.2) is 18.3 Å². The van der Waals surface area contributed by atoms with Gasteiger partial charge >= 0.3 is 0 Å². The van der Waals surface area contributed by atoms with Gasteiger partial charge in [0, 0.05) is 12.0 Å². The topological polar surface area (TPSA) is 46.2 Å². The molecule has 0 radical (unpaired) electrons. The molecule has 0 saturated heterocycles. The molecule has 0 aromatic heterocycles. The highest BCUT2D eigenvalue weighted by Gasteiger charge is 2.35. The van der Waals surface area contributed by atoms with Crippen molar-refractivity contribution < 1.29 is 5.11 Å². The molecule has 0 amide bonds. The third-order valence-electron chi connectivity index (χ3n) is 3.33. The van der Waals surface area contributed by atoms with Crippen molar-refractivity contribution in [3.05, 3.63) is 0 Å². The van der Waals surface area contributed by atoms with E-state index in [2.05, 4.69) is 6.92 Å². The zero-order valence-corrected chi connectivity index (χ0v) is 7.34. The standard InChI is InChI=1S/C9H19NO/c1-8-4-2-3-5-9(8,6-10)7-11/h8,11H,2-7,10H2,1H3. The van der Waals surface area contributed by atoms with Gasteiger partial charge in [0.15, 0.2) is 0 Å². The normalized spacial score (nSPS) is 39.0. The first-order valence-corrected chi connectivity index (χ1v) is 4.56. The van der Waals surface area contributed by atoms with E-state index >= 15 is 0 Å². The fourth-order valence-electron chi connectivity index (χ4n) is 2.08. The van der Waals surface area contributed by atoms with Crippen LogP contribution in [0, 0.1) is 11.3 Å². The van der Waals surface area contributed by atoms with Gasteiger partial charge in [0.1, 0.15) is 0 Å². The molecule has 1 fully saturated rings. The predicted octanol–water partition coefficient (Wildman–Crippen LogP) is 1.13. The van der Waals surface area contributed by atoms with Crippen molar-refractivity contribution in [3.63, 3.8) is 0 Å². The van der Waals surface area contributed by atoms with Gasteiger partial charge in [-0.2, -0.15) is 0 Å². The molecular weight excluding hydrogens is 138 g/mol. The molecule has 2 unspecified atom stereocenters. The second kappa shape index (κ2) is 3.55. The Bertz CT molecular complexity index is 121. The van der Waals surface area contributed by atoms with Crippen LogP contribution in [0.15, 0.2) is 0 Å². The fraction of sp³-hybridized carbons (Fsp3) is 1.00. The number of aliphatic hydroxyl groups excluding tert-OH is 1. The summed E-state index contributed by atoms with van der Waals surface area (Å²) < 4.78 is 0. The van der Waals surface area contributed by atoms with Crippen LogP contribution >= 0.6 is 0 Å². The molecule has 11 heavy (non-hydrogen) atoms. The van der Waals surface area contributed by atoms with Crippen LogP contribution in [0.2, 0.25) is 0 Å². The minimum absolute atomic E-state index is 0.0538. The van der Waals surface area contributed by atoms with Crippen molar-refractivity contribution in [2.75, 3.05) is 13.2 Å². The van der Waals surface area contributed by atoms with Gasteiger partial charge in [0.2, 0.25) is 0 Å².